The normalized spacial score (nSPS) is 14.8. The molecule has 0 bridgehead atoms. The quantitative estimate of drug-likeness (QED) is 0.510. The third-order valence-electron chi connectivity index (χ3n) is 6.46. The van der Waals surface area contributed by atoms with Gasteiger partial charge >= 0.3 is 0 Å². The number of rotatable bonds is 8. The molecule has 0 aliphatic carbocycles. The van der Waals surface area contributed by atoms with Crippen molar-refractivity contribution in [2.24, 2.45) is 0 Å². The zero-order chi connectivity index (χ0) is 24.1. The monoisotopic (exact) mass is 480 g/mol. The van der Waals surface area contributed by atoms with Crippen LogP contribution in [0.5, 0.6) is 5.75 Å². The zero-order valence-electron chi connectivity index (χ0n) is 20.0. The molecule has 1 aliphatic heterocycles. The van der Waals surface area contributed by atoms with Gasteiger partial charge < -0.3 is 14.7 Å². The fourth-order valence-corrected chi connectivity index (χ4v) is 5.01. The number of nitrogens with zero attached hydrogens (tertiary/aromatic N) is 3. The average Bonchev–Trinajstić information content (AvgIpc) is 3.34. The summed E-state index contributed by atoms with van der Waals surface area (Å²) in [6, 6.07) is 15.7. The van der Waals surface area contributed by atoms with Crippen LogP contribution in [0.15, 0.2) is 53.9 Å². The fraction of sp³-hybridized carbons (Fsp3) is 0.385. The van der Waals surface area contributed by atoms with Crippen molar-refractivity contribution in [3.63, 3.8) is 0 Å². The van der Waals surface area contributed by atoms with Gasteiger partial charge in [0.25, 0.3) is 5.91 Å². The first-order valence-corrected chi connectivity index (χ1v) is 12.4. The third kappa shape index (κ3) is 5.41. The number of thiazole rings is 1. The van der Waals surface area contributed by atoms with Crippen LogP contribution in [0, 0.1) is 0 Å². The molecule has 34 heavy (non-hydrogen) atoms. The molecule has 0 unspecified atom stereocenters. The predicted octanol–water partition coefficient (Wildman–Crippen LogP) is 3.84. The van der Waals surface area contributed by atoms with Crippen molar-refractivity contribution in [2.75, 3.05) is 56.7 Å². The Morgan fingerprint density at radius 3 is 2.38 bits per heavy atom. The van der Waals surface area contributed by atoms with Crippen LogP contribution >= 0.6 is 11.3 Å². The summed E-state index contributed by atoms with van der Waals surface area (Å²) >= 11 is 1.43. The van der Waals surface area contributed by atoms with Crippen molar-refractivity contribution < 1.29 is 14.6 Å². The molecular formula is C26H32N4O3S. The second-order valence-corrected chi connectivity index (χ2v) is 9.80. The van der Waals surface area contributed by atoms with E-state index in [1.165, 1.54) is 11.3 Å². The van der Waals surface area contributed by atoms with E-state index in [2.05, 4.69) is 29.0 Å². The Hall–Kier alpha value is -2.94. The number of carbonyl (C=O) groups excluding carboxylic acids is 1. The molecule has 2 heterocycles. The van der Waals surface area contributed by atoms with E-state index in [1.807, 2.05) is 53.9 Å². The summed E-state index contributed by atoms with van der Waals surface area (Å²) < 4.78 is 5.26. The lowest BCUT2D eigenvalue weighted by Gasteiger charge is -2.35. The first kappa shape index (κ1) is 24.2. The molecule has 0 radical (unpaired) electrons. The smallest absolute Gasteiger partial charge is 0.257 e. The molecule has 7 nitrogen and oxygen atoms in total. The molecule has 1 amide bonds. The van der Waals surface area contributed by atoms with Crippen LogP contribution in [0.1, 0.15) is 35.5 Å². The maximum Gasteiger partial charge on any atom is 0.257 e. The topological polar surface area (TPSA) is 77.9 Å². The van der Waals surface area contributed by atoms with Gasteiger partial charge in [0, 0.05) is 54.8 Å². The predicted molar refractivity (Wildman–Crippen MR) is 137 cm³/mol. The number of aliphatic hydroxyl groups excluding tert-OH is 1. The Morgan fingerprint density at radius 1 is 1.09 bits per heavy atom. The van der Waals surface area contributed by atoms with E-state index in [4.69, 9.17) is 14.8 Å². The molecule has 1 saturated heterocycles. The number of β-amino-alcohol motifs (C(OH)–C–C–N with tert-alkyl or cyclic N) is 1. The highest BCUT2D eigenvalue weighted by molar-refractivity contribution is 7.14. The van der Waals surface area contributed by atoms with E-state index in [9.17, 15) is 4.79 Å². The van der Waals surface area contributed by atoms with E-state index >= 15 is 0 Å². The van der Waals surface area contributed by atoms with Crippen LogP contribution < -0.4 is 15.0 Å². The summed E-state index contributed by atoms with van der Waals surface area (Å²) in [5.41, 5.74) is 3.46. The number of aliphatic hydroxyl groups is 1. The molecule has 180 valence electrons. The summed E-state index contributed by atoms with van der Waals surface area (Å²) in [6.45, 7) is 8.86. The van der Waals surface area contributed by atoms with Gasteiger partial charge in [-0.2, -0.15) is 0 Å². The zero-order valence-corrected chi connectivity index (χ0v) is 20.8. The molecule has 4 rings (SSSR count). The average molecular weight is 481 g/mol. The maximum atomic E-state index is 12.8. The summed E-state index contributed by atoms with van der Waals surface area (Å²) in [7, 11) is 1.66. The van der Waals surface area contributed by atoms with Crippen LogP contribution in [0.2, 0.25) is 0 Å². The van der Waals surface area contributed by atoms with Crippen LogP contribution in [-0.4, -0.2) is 67.3 Å². The van der Waals surface area contributed by atoms with E-state index in [-0.39, 0.29) is 17.9 Å². The molecule has 0 atom stereocenters. The van der Waals surface area contributed by atoms with Crippen molar-refractivity contribution in [1.82, 2.24) is 9.88 Å². The summed E-state index contributed by atoms with van der Waals surface area (Å²) in [5, 5.41) is 14.6. The van der Waals surface area contributed by atoms with Gasteiger partial charge in [0.2, 0.25) is 0 Å². The number of nitrogens with one attached hydrogen (secondary N) is 1. The minimum atomic E-state index is -0.297. The number of hydrogen-bond acceptors (Lipinski definition) is 7. The van der Waals surface area contributed by atoms with Gasteiger partial charge in [-0.05, 0) is 42.0 Å². The number of hydrogen-bond donors (Lipinski definition) is 2. The van der Waals surface area contributed by atoms with Gasteiger partial charge in [0.15, 0.2) is 5.13 Å². The van der Waals surface area contributed by atoms with Gasteiger partial charge in [0.05, 0.1) is 19.4 Å². The van der Waals surface area contributed by atoms with E-state index in [1.54, 1.807) is 7.11 Å². The Bertz CT molecular complexity index is 1090. The minimum Gasteiger partial charge on any atom is -0.497 e. The second-order valence-electron chi connectivity index (χ2n) is 8.94. The lowest BCUT2D eigenvalue weighted by Crippen LogP contribution is -2.47. The number of amides is 1. The summed E-state index contributed by atoms with van der Waals surface area (Å²) in [4.78, 5) is 22.1. The molecule has 0 saturated carbocycles. The number of piperazine rings is 1. The number of methoxy groups -OCH3 is 1. The number of ether oxygens (including phenoxy) is 1. The van der Waals surface area contributed by atoms with Crippen LogP contribution in [0.3, 0.4) is 0 Å². The van der Waals surface area contributed by atoms with Gasteiger partial charge in [-0.15, -0.1) is 11.3 Å². The van der Waals surface area contributed by atoms with Crippen LogP contribution in [0.25, 0.3) is 0 Å². The van der Waals surface area contributed by atoms with E-state index in [0.717, 1.165) is 55.4 Å². The second kappa shape index (κ2) is 10.5. The van der Waals surface area contributed by atoms with Gasteiger partial charge in [-0.3, -0.25) is 15.0 Å². The highest BCUT2D eigenvalue weighted by Gasteiger charge is 2.26. The van der Waals surface area contributed by atoms with Crippen LogP contribution in [-0.2, 0) is 5.41 Å². The molecule has 3 aromatic rings. The van der Waals surface area contributed by atoms with Gasteiger partial charge in [-0.1, -0.05) is 26.0 Å². The molecule has 1 fully saturated rings. The molecule has 1 aliphatic rings. The first-order valence-electron chi connectivity index (χ1n) is 11.5. The Morgan fingerprint density at radius 2 is 1.76 bits per heavy atom. The molecule has 0 spiro atoms. The van der Waals surface area contributed by atoms with Gasteiger partial charge in [-0.25, -0.2) is 4.98 Å². The van der Waals surface area contributed by atoms with E-state index < -0.39 is 0 Å². The van der Waals surface area contributed by atoms with Crippen molar-refractivity contribution in [3.05, 3.63) is 70.7 Å². The van der Waals surface area contributed by atoms with E-state index in [0.29, 0.717) is 10.7 Å². The Kier molecular flexibility index (Phi) is 7.50. The highest BCUT2D eigenvalue weighted by atomic mass is 32.1. The standard InChI is InChI=1S/C26H32N4O3S/c1-26(2,20-6-10-22(33-3)11-7-20)23-18-34-25(27-23)28-24(32)19-4-8-21(9-5-19)30-14-12-29(13-15-30)16-17-31/h4-11,18,31H,12-17H2,1-3H3,(H,27,28,32). The van der Waals surface area contributed by atoms with Gasteiger partial charge in [0.1, 0.15) is 5.75 Å². The molecule has 2 N–H and O–H groups in total. The molecule has 8 heteroatoms. The molecule has 2 aromatic carbocycles. The lowest BCUT2D eigenvalue weighted by molar-refractivity contribution is 0.102. The third-order valence-corrected chi connectivity index (χ3v) is 7.22. The SMILES string of the molecule is COc1ccc(C(C)(C)c2csc(NC(=O)c3ccc(N4CCN(CCO)CC4)cc3)n2)cc1. The molecular weight excluding hydrogens is 448 g/mol. The summed E-state index contributed by atoms with van der Waals surface area (Å²) in [5.74, 6) is 0.656. The van der Waals surface area contributed by atoms with Crippen molar-refractivity contribution in [1.29, 1.82) is 0 Å². The van der Waals surface area contributed by atoms with Crippen molar-refractivity contribution in [3.8, 4) is 5.75 Å². The Balaban J connectivity index is 1.38. The van der Waals surface area contributed by atoms with Crippen LogP contribution in [0.4, 0.5) is 10.8 Å². The lowest BCUT2D eigenvalue weighted by atomic mass is 9.82. The summed E-state index contributed by atoms with van der Waals surface area (Å²) in [6.07, 6.45) is 0. The fourth-order valence-electron chi connectivity index (χ4n) is 4.14. The maximum absolute atomic E-state index is 12.8. The minimum absolute atomic E-state index is 0.164. The first-order chi connectivity index (χ1) is 16.4. The number of benzene rings is 2. The Labute approximate surface area is 205 Å². The number of aromatic nitrogens is 1. The largest absolute Gasteiger partial charge is 0.497 e. The van der Waals surface area contributed by atoms with Crippen molar-refractivity contribution >= 4 is 28.1 Å². The highest BCUT2D eigenvalue weighted by Crippen LogP contribution is 2.34. The molecule has 1 aromatic heterocycles. The number of anilines is 2. The number of carbonyl (C=O) groups is 1. The van der Waals surface area contributed by atoms with Crippen molar-refractivity contribution in [2.45, 2.75) is 19.3 Å².